The fourth-order valence-electron chi connectivity index (χ4n) is 3.41. The van der Waals surface area contributed by atoms with E-state index in [9.17, 15) is 10.1 Å². The molecule has 0 bridgehead atoms. The molecular weight excluding hydrogens is 434 g/mol. The summed E-state index contributed by atoms with van der Waals surface area (Å²) in [5, 5.41) is 13.8. The Morgan fingerprint density at radius 3 is 2.41 bits per heavy atom. The van der Waals surface area contributed by atoms with Crippen molar-refractivity contribution >= 4 is 12.0 Å². The van der Waals surface area contributed by atoms with Crippen LogP contribution in [-0.4, -0.2) is 36.5 Å². The van der Waals surface area contributed by atoms with E-state index < -0.39 is 5.91 Å². The van der Waals surface area contributed by atoms with Gasteiger partial charge in [0.2, 0.25) is 0 Å². The van der Waals surface area contributed by atoms with E-state index >= 15 is 0 Å². The normalized spacial score (nSPS) is 11.0. The van der Waals surface area contributed by atoms with Crippen LogP contribution in [0.4, 0.5) is 0 Å². The third-order valence-electron chi connectivity index (χ3n) is 5.00. The molecular formula is C26H27N3O5. The molecule has 0 radical (unpaired) electrons. The SMILES string of the molecule is CCOc1cc(/C=C(\C#N)C(=O)n2nc(C)cc2C)ccc1OCc1cc(OC)ccc1OC. The number of nitrogens with zero attached hydrogens (tertiary/aromatic N) is 3. The van der Waals surface area contributed by atoms with Crippen molar-refractivity contribution in [1.29, 1.82) is 5.26 Å². The van der Waals surface area contributed by atoms with Crippen molar-refractivity contribution in [3.8, 4) is 29.1 Å². The molecule has 0 aliphatic heterocycles. The second kappa shape index (κ2) is 11.1. The minimum Gasteiger partial charge on any atom is -0.497 e. The largest absolute Gasteiger partial charge is 0.497 e. The summed E-state index contributed by atoms with van der Waals surface area (Å²) in [4.78, 5) is 12.8. The smallest absolute Gasteiger partial charge is 0.289 e. The molecule has 0 aliphatic carbocycles. The molecule has 3 rings (SSSR count). The number of rotatable bonds is 9. The number of hydrogen-bond acceptors (Lipinski definition) is 7. The Balaban J connectivity index is 1.87. The van der Waals surface area contributed by atoms with Crippen LogP contribution in [0.5, 0.6) is 23.0 Å². The molecule has 8 heteroatoms. The maximum Gasteiger partial charge on any atom is 0.289 e. The summed E-state index contributed by atoms with van der Waals surface area (Å²) in [6.45, 7) is 6.08. The summed E-state index contributed by atoms with van der Waals surface area (Å²) >= 11 is 0. The van der Waals surface area contributed by atoms with Crippen molar-refractivity contribution in [1.82, 2.24) is 9.78 Å². The van der Waals surface area contributed by atoms with Gasteiger partial charge in [-0.2, -0.15) is 10.4 Å². The van der Waals surface area contributed by atoms with Crippen LogP contribution in [0, 0.1) is 25.2 Å². The number of methoxy groups -OCH3 is 2. The minimum atomic E-state index is -0.489. The lowest BCUT2D eigenvalue weighted by molar-refractivity contribution is 0.0943. The van der Waals surface area contributed by atoms with Gasteiger partial charge in [0, 0.05) is 11.3 Å². The first-order valence-corrected chi connectivity index (χ1v) is 10.7. The molecule has 176 valence electrons. The molecule has 0 fully saturated rings. The number of carbonyl (C=O) groups excluding carboxylic acids is 1. The number of allylic oxidation sites excluding steroid dienone is 1. The van der Waals surface area contributed by atoms with Crippen LogP contribution in [0.1, 0.15) is 34.2 Å². The van der Waals surface area contributed by atoms with Gasteiger partial charge in [-0.3, -0.25) is 4.79 Å². The van der Waals surface area contributed by atoms with Crippen molar-refractivity contribution in [2.75, 3.05) is 20.8 Å². The van der Waals surface area contributed by atoms with Crippen molar-refractivity contribution in [3.63, 3.8) is 0 Å². The standard InChI is InChI=1S/C26H27N3O5/c1-6-33-25-13-19(12-20(15-27)26(30)29-18(3)11-17(2)28-29)7-9-24(25)34-16-21-14-22(31-4)8-10-23(21)32-5/h7-14H,6,16H2,1-5H3/b20-12+. The van der Waals surface area contributed by atoms with Gasteiger partial charge in [-0.05, 0) is 68.8 Å². The molecule has 34 heavy (non-hydrogen) atoms. The Labute approximate surface area is 198 Å². The molecule has 0 amide bonds. The summed E-state index contributed by atoms with van der Waals surface area (Å²) < 4.78 is 23.7. The minimum absolute atomic E-state index is 0.0385. The van der Waals surface area contributed by atoms with Crippen LogP contribution >= 0.6 is 0 Å². The Hall–Kier alpha value is -4.25. The van der Waals surface area contributed by atoms with Gasteiger partial charge < -0.3 is 18.9 Å². The van der Waals surface area contributed by atoms with Crippen molar-refractivity contribution < 1.29 is 23.7 Å². The molecule has 0 saturated heterocycles. The molecule has 1 heterocycles. The second-order valence-electron chi connectivity index (χ2n) is 7.42. The molecule has 0 unspecified atom stereocenters. The van der Waals surface area contributed by atoms with Crippen LogP contribution in [0.25, 0.3) is 6.08 Å². The lowest BCUT2D eigenvalue weighted by atomic mass is 10.1. The number of nitriles is 1. The van der Waals surface area contributed by atoms with Crippen molar-refractivity contribution in [2.45, 2.75) is 27.4 Å². The number of hydrogen-bond donors (Lipinski definition) is 0. The van der Waals surface area contributed by atoms with Crippen LogP contribution in [-0.2, 0) is 6.61 Å². The Kier molecular flexibility index (Phi) is 7.93. The van der Waals surface area contributed by atoms with Crippen molar-refractivity contribution in [2.24, 2.45) is 0 Å². The van der Waals surface area contributed by atoms with Crippen molar-refractivity contribution in [3.05, 3.63) is 70.6 Å². The molecule has 0 spiro atoms. The molecule has 3 aromatic rings. The number of carbonyl (C=O) groups is 1. The first kappa shape index (κ1) is 24.4. The maximum atomic E-state index is 12.8. The van der Waals surface area contributed by atoms with Gasteiger partial charge in [-0.1, -0.05) is 6.07 Å². The third kappa shape index (κ3) is 5.56. The number of aryl methyl sites for hydroxylation is 2. The summed E-state index contributed by atoms with van der Waals surface area (Å²) in [6, 6.07) is 14.5. The van der Waals surface area contributed by atoms with E-state index in [1.807, 2.05) is 31.2 Å². The fraction of sp³-hybridized carbons (Fsp3) is 0.269. The molecule has 0 N–H and O–H groups in total. The lowest BCUT2D eigenvalue weighted by Gasteiger charge is -2.15. The summed E-state index contributed by atoms with van der Waals surface area (Å²) in [6.07, 6.45) is 1.51. The van der Waals surface area contributed by atoms with E-state index in [2.05, 4.69) is 5.10 Å². The third-order valence-corrected chi connectivity index (χ3v) is 5.00. The first-order valence-electron chi connectivity index (χ1n) is 10.7. The molecule has 0 aliphatic rings. The average molecular weight is 462 g/mol. The van der Waals surface area contributed by atoms with Crippen LogP contribution in [0.3, 0.4) is 0 Å². The summed E-state index contributed by atoms with van der Waals surface area (Å²) in [7, 11) is 3.19. The quantitative estimate of drug-likeness (QED) is 0.335. The number of aromatic nitrogens is 2. The van der Waals surface area contributed by atoms with Crippen LogP contribution in [0.2, 0.25) is 0 Å². The van der Waals surface area contributed by atoms with Gasteiger partial charge >= 0.3 is 0 Å². The lowest BCUT2D eigenvalue weighted by Crippen LogP contribution is -2.15. The van der Waals surface area contributed by atoms with E-state index in [0.29, 0.717) is 46.6 Å². The highest BCUT2D eigenvalue weighted by molar-refractivity contribution is 6.03. The van der Waals surface area contributed by atoms with E-state index in [1.165, 1.54) is 10.8 Å². The van der Waals surface area contributed by atoms with Crippen LogP contribution < -0.4 is 18.9 Å². The molecule has 8 nitrogen and oxygen atoms in total. The van der Waals surface area contributed by atoms with Gasteiger partial charge in [-0.15, -0.1) is 0 Å². The zero-order valence-electron chi connectivity index (χ0n) is 19.9. The topological polar surface area (TPSA) is 95.6 Å². The monoisotopic (exact) mass is 461 g/mol. The molecule has 1 aromatic heterocycles. The zero-order valence-corrected chi connectivity index (χ0v) is 19.9. The Morgan fingerprint density at radius 2 is 1.79 bits per heavy atom. The highest BCUT2D eigenvalue weighted by Crippen LogP contribution is 2.32. The van der Waals surface area contributed by atoms with Gasteiger partial charge in [0.15, 0.2) is 11.5 Å². The Morgan fingerprint density at radius 1 is 1.03 bits per heavy atom. The van der Waals surface area contributed by atoms with E-state index in [4.69, 9.17) is 18.9 Å². The number of benzene rings is 2. The molecule has 2 aromatic carbocycles. The zero-order chi connectivity index (χ0) is 24.7. The predicted octanol–water partition coefficient (Wildman–Crippen LogP) is 4.74. The van der Waals surface area contributed by atoms with Gasteiger partial charge in [0.1, 0.15) is 29.7 Å². The highest BCUT2D eigenvalue weighted by atomic mass is 16.5. The van der Waals surface area contributed by atoms with Gasteiger partial charge in [-0.25, -0.2) is 4.68 Å². The fourth-order valence-corrected chi connectivity index (χ4v) is 3.41. The van der Waals surface area contributed by atoms with E-state index in [1.54, 1.807) is 52.3 Å². The van der Waals surface area contributed by atoms with Crippen LogP contribution in [0.15, 0.2) is 48.0 Å². The summed E-state index contributed by atoms with van der Waals surface area (Å²) in [5.41, 5.74) is 2.77. The number of ether oxygens (including phenoxy) is 4. The molecule has 0 atom stereocenters. The van der Waals surface area contributed by atoms with E-state index in [0.717, 1.165) is 5.56 Å². The maximum absolute atomic E-state index is 12.8. The van der Waals surface area contributed by atoms with E-state index in [-0.39, 0.29) is 12.2 Å². The van der Waals surface area contributed by atoms with Gasteiger partial charge in [0.05, 0.1) is 26.5 Å². The first-order chi connectivity index (χ1) is 16.4. The average Bonchev–Trinajstić information content (AvgIpc) is 3.19. The predicted molar refractivity (Wildman–Crippen MR) is 127 cm³/mol. The van der Waals surface area contributed by atoms with Gasteiger partial charge in [0.25, 0.3) is 5.91 Å². The second-order valence-corrected chi connectivity index (χ2v) is 7.42. The Bertz CT molecular complexity index is 1250. The highest BCUT2D eigenvalue weighted by Gasteiger charge is 2.16. The summed E-state index contributed by atoms with van der Waals surface area (Å²) in [5.74, 6) is 1.90. The molecule has 0 saturated carbocycles.